The Bertz CT molecular complexity index is 1120. The van der Waals surface area contributed by atoms with Gasteiger partial charge in [-0.1, -0.05) is 29.5 Å². The summed E-state index contributed by atoms with van der Waals surface area (Å²) in [6.45, 7) is 6.34. The first-order chi connectivity index (χ1) is 12.8. The number of rotatable bonds is 7. The average Bonchev–Trinajstić information content (AvgIpc) is 2.94. The lowest BCUT2D eigenvalue weighted by atomic mass is 10.2. The minimum atomic E-state index is -3.71. The summed E-state index contributed by atoms with van der Waals surface area (Å²) in [4.78, 5) is 12.0. The zero-order valence-electron chi connectivity index (χ0n) is 15.4. The van der Waals surface area contributed by atoms with Crippen LogP contribution in [-0.2, 0) is 16.6 Å². The minimum Gasteiger partial charge on any atom is -0.492 e. The fourth-order valence-electron chi connectivity index (χ4n) is 2.81. The number of para-hydroxylation sites is 1. The van der Waals surface area contributed by atoms with Gasteiger partial charge in [0.15, 0.2) is 0 Å². The van der Waals surface area contributed by atoms with Crippen molar-refractivity contribution in [2.24, 2.45) is 0 Å². The van der Waals surface area contributed by atoms with Gasteiger partial charge in [-0.2, -0.15) is 0 Å². The van der Waals surface area contributed by atoms with Gasteiger partial charge in [0.2, 0.25) is 10.0 Å². The number of thiazole rings is 1. The Morgan fingerprint density at radius 2 is 1.96 bits per heavy atom. The van der Waals surface area contributed by atoms with E-state index >= 15 is 0 Å². The molecule has 0 aliphatic heterocycles. The molecule has 2 aromatic carbocycles. The molecule has 0 aliphatic rings. The molecular formula is C19H22N2O4S2. The Morgan fingerprint density at radius 3 is 2.67 bits per heavy atom. The second-order valence-electron chi connectivity index (χ2n) is 6.34. The number of aryl methyl sites for hydroxylation is 2. The Kier molecular flexibility index (Phi) is 5.69. The third-order valence-electron chi connectivity index (χ3n) is 4.21. The third-order valence-corrected chi connectivity index (χ3v) is 6.73. The van der Waals surface area contributed by atoms with Crippen LogP contribution in [0.15, 0.2) is 52.2 Å². The lowest BCUT2D eigenvalue weighted by molar-refractivity contribution is 0.286. The summed E-state index contributed by atoms with van der Waals surface area (Å²) in [6, 6.07) is 11.9. The van der Waals surface area contributed by atoms with Gasteiger partial charge >= 0.3 is 4.87 Å². The Balaban J connectivity index is 1.75. The largest absolute Gasteiger partial charge is 0.492 e. The van der Waals surface area contributed by atoms with Gasteiger partial charge in [-0.25, -0.2) is 13.1 Å². The van der Waals surface area contributed by atoms with E-state index in [0.29, 0.717) is 11.2 Å². The topological polar surface area (TPSA) is 77.4 Å². The number of fused-ring (bicyclic) bond motifs is 1. The average molecular weight is 407 g/mol. The first-order valence-electron chi connectivity index (χ1n) is 8.66. The smallest absolute Gasteiger partial charge is 0.308 e. The first-order valence-corrected chi connectivity index (χ1v) is 11.0. The Hall–Kier alpha value is -2.16. The van der Waals surface area contributed by atoms with Crippen molar-refractivity contribution in [2.45, 2.75) is 38.3 Å². The summed E-state index contributed by atoms with van der Waals surface area (Å²) in [5.41, 5.74) is 1.75. The molecule has 144 valence electrons. The molecule has 0 saturated heterocycles. The first kappa shape index (κ1) is 19.6. The fourth-order valence-corrected chi connectivity index (χ4v) is 5.14. The highest BCUT2D eigenvalue weighted by atomic mass is 32.2. The monoisotopic (exact) mass is 406 g/mol. The van der Waals surface area contributed by atoms with E-state index in [9.17, 15) is 13.2 Å². The highest BCUT2D eigenvalue weighted by Crippen LogP contribution is 2.22. The number of hydrogen-bond donors (Lipinski definition) is 1. The molecule has 0 saturated carbocycles. The summed E-state index contributed by atoms with van der Waals surface area (Å²) in [7, 11) is -3.71. The van der Waals surface area contributed by atoms with Crippen molar-refractivity contribution >= 4 is 31.6 Å². The zero-order chi connectivity index (χ0) is 19.6. The summed E-state index contributed by atoms with van der Waals surface area (Å²) >= 11 is 1.05. The number of aromatic nitrogens is 1. The van der Waals surface area contributed by atoms with Crippen LogP contribution in [0.3, 0.4) is 0 Å². The molecule has 0 fully saturated rings. The molecular weight excluding hydrogens is 384 g/mol. The number of sulfonamides is 1. The van der Waals surface area contributed by atoms with Crippen LogP contribution in [0.5, 0.6) is 5.75 Å². The van der Waals surface area contributed by atoms with Gasteiger partial charge < -0.3 is 4.74 Å². The molecule has 1 heterocycles. The van der Waals surface area contributed by atoms with Gasteiger partial charge in [0.05, 0.1) is 21.2 Å². The van der Waals surface area contributed by atoms with Gasteiger partial charge in [-0.15, -0.1) is 0 Å². The van der Waals surface area contributed by atoms with Crippen LogP contribution in [0, 0.1) is 6.92 Å². The number of benzene rings is 2. The van der Waals surface area contributed by atoms with E-state index in [1.54, 1.807) is 23.6 Å². The Morgan fingerprint density at radius 1 is 1.22 bits per heavy atom. The molecule has 3 aromatic rings. The van der Waals surface area contributed by atoms with Crippen LogP contribution in [0.2, 0.25) is 0 Å². The van der Waals surface area contributed by atoms with Crippen LogP contribution in [-0.4, -0.2) is 25.6 Å². The van der Waals surface area contributed by atoms with Gasteiger partial charge in [0.1, 0.15) is 12.4 Å². The fraction of sp³-hybridized carbons (Fsp3) is 0.316. The lowest BCUT2D eigenvalue weighted by Crippen LogP contribution is -2.36. The van der Waals surface area contributed by atoms with Crippen molar-refractivity contribution in [3.63, 3.8) is 0 Å². The van der Waals surface area contributed by atoms with E-state index in [2.05, 4.69) is 4.72 Å². The lowest BCUT2D eigenvalue weighted by Gasteiger charge is -2.16. The molecule has 8 heteroatoms. The van der Waals surface area contributed by atoms with E-state index in [4.69, 9.17) is 4.74 Å². The Labute approximate surface area is 162 Å². The second-order valence-corrected chi connectivity index (χ2v) is 9.05. The van der Waals surface area contributed by atoms with E-state index in [1.807, 2.05) is 38.1 Å². The van der Waals surface area contributed by atoms with Crippen molar-refractivity contribution in [3.05, 3.63) is 57.7 Å². The molecule has 27 heavy (non-hydrogen) atoms. The standard InChI is InChI=1S/C19H22N2O4S2/c1-4-21-16-10-9-15(11-18(16)26-19(21)22)27(23,24)20-14(3)12-25-17-8-6-5-7-13(17)2/h5-11,14,20H,4,12H2,1-3H3/t14-/m1/s1. The zero-order valence-corrected chi connectivity index (χ0v) is 17.1. The van der Waals surface area contributed by atoms with Crippen molar-refractivity contribution in [1.29, 1.82) is 0 Å². The second kappa shape index (κ2) is 7.84. The molecule has 0 bridgehead atoms. The highest BCUT2D eigenvalue weighted by Gasteiger charge is 2.19. The number of hydrogen-bond acceptors (Lipinski definition) is 5. The molecule has 0 aliphatic carbocycles. The molecule has 0 radical (unpaired) electrons. The maximum atomic E-state index is 12.7. The van der Waals surface area contributed by atoms with Crippen LogP contribution in [0.4, 0.5) is 0 Å². The summed E-state index contributed by atoms with van der Waals surface area (Å²) in [6.07, 6.45) is 0. The highest BCUT2D eigenvalue weighted by molar-refractivity contribution is 7.89. The molecule has 0 unspecified atom stereocenters. The van der Waals surface area contributed by atoms with Crippen LogP contribution in [0.1, 0.15) is 19.4 Å². The van der Waals surface area contributed by atoms with Crippen LogP contribution >= 0.6 is 11.3 Å². The maximum absolute atomic E-state index is 12.7. The van der Waals surface area contributed by atoms with Crippen molar-refractivity contribution in [3.8, 4) is 5.75 Å². The van der Waals surface area contributed by atoms with Crippen LogP contribution < -0.4 is 14.3 Å². The molecule has 1 aromatic heterocycles. The number of nitrogens with zero attached hydrogens (tertiary/aromatic N) is 1. The maximum Gasteiger partial charge on any atom is 0.308 e. The third kappa shape index (κ3) is 4.23. The van der Waals surface area contributed by atoms with Crippen LogP contribution in [0.25, 0.3) is 10.2 Å². The van der Waals surface area contributed by atoms with Gasteiger partial charge in [-0.05, 0) is 50.6 Å². The van der Waals surface area contributed by atoms with Crippen molar-refractivity contribution in [2.75, 3.05) is 6.61 Å². The normalized spacial score (nSPS) is 13.0. The molecule has 1 N–H and O–H groups in total. The SMILES string of the molecule is CCn1c(=O)sc2cc(S(=O)(=O)N[C@H](C)COc3ccccc3C)ccc21. The molecule has 3 rings (SSSR count). The summed E-state index contributed by atoms with van der Waals surface area (Å²) in [5.74, 6) is 0.732. The number of ether oxygens (including phenoxy) is 1. The summed E-state index contributed by atoms with van der Waals surface area (Å²) in [5, 5.41) is 0. The minimum absolute atomic E-state index is 0.0880. The molecule has 0 amide bonds. The van der Waals surface area contributed by atoms with Crippen molar-refractivity contribution < 1.29 is 13.2 Å². The predicted octanol–water partition coefficient (Wildman–Crippen LogP) is 3.14. The molecule has 0 spiro atoms. The van der Waals surface area contributed by atoms with E-state index in [1.165, 1.54) is 6.07 Å². The van der Waals surface area contributed by atoms with Gasteiger partial charge in [-0.3, -0.25) is 9.36 Å². The quantitative estimate of drug-likeness (QED) is 0.654. The van der Waals surface area contributed by atoms with Gasteiger partial charge in [0, 0.05) is 6.54 Å². The molecule has 1 atom stereocenters. The van der Waals surface area contributed by atoms with E-state index in [0.717, 1.165) is 28.2 Å². The predicted molar refractivity (Wildman–Crippen MR) is 108 cm³/mol. The number of nitrogens with one attached hydrogen (secondary N) is 1. The van der Waals surface area contributed by atoms with Crippen molar-refractivity contribution in [1.82, 2.24) is 9.29 Å². The molecule has 6 nitrogen and oxygen atoms in total. The van der Waals surface area contributed by atoms with Gasteiger partial charge in [0.25, 0.3) is 0 Å². The van der Waals surface area contributed by atoms with E-state index < -0.39 is 16.1 Å². The van der Waals surface area contributed by atoms with E-state index in [-0.39, 0.29) is 16.4 Å². The summed E-state index contributed by atoms with van der Waals surface area (Å²) < 4.78 is 36.0.